The first-order valence-corrected chi connectivity index (χ1v) is 10.4. The molecule has 0 bridgehead atoms. The molecule has 29 heavy (non-hydrogen) atoms. The van der Waals surface area contributed by atoms with Crippen LogP contribution in [0.4, 0.5) is 5.69 Å². The summed E-state index contributed by atoms with van der Waals surface area (Å²) in [4.78, 5) is 31.9. The number of benzene rings is 2. The van der Waals surface area contributed by atoms with Crippen molar-refractivity contribution < 1.29 is 4.79 Å². The van der Waals surface area contributed by atoms with E-state index in [4.69, 9.17) is 11.6 Å². The van der Waals surface area contributed by atoms with Gasteiger partial charge in [0, 0.05) is 28.2 Å². The van der Waals surface area contributed by atoms with E-state index in [1.54, 1.807) is 4.90 Å². The van der Waals surface area contributed by atoms with Crippen LogP contribution in [0.15, 0.2) is 71.1 Å². The lowest BCUT2D eigenvalue weighted by Crippen LogP contribution is -2.36. The van der Waals surface area contributed by atoms with Gasteiger partial charge in [-0.05, 0) is 36.8 Å². The number of nitrogens with zero attached hydrogens (tertiary/aromatic N) is 3. The molecular weight excluding hydrogens is 406 g/mol. The quantitative estimate of drug-likeness (QED) is 0.462. The lowest BCUT2D eigenvalue weighted by atomic mass is 10.1. The molecule has 4 aromatic rings. The lowest BCUT2D eigenvalue weighted by Gasteiger charge is -2.21. The summed E-state index contributed by atoms with van der Waals surface area (Å²) in [6.07, 6.45) is 1.45. The normalized spacial score (nSPS) is 11.0. The molecule has 2 aromatic heterocycles. The van der Waals surface area contributed by atoms with Gasteiger partial charge in [-0.2, -0.15) is 0 Å². The van der Waals surface area contributed by atoms with Crippen LogP contribution >= 0.6 is 22.9 Å². The van der Waals surface area contributed by atoms with Gasteiger partial charge in [0.15, 0.2) is 0 Å². The first-order valence-electron chi connectivity index (χ1n) is 9.16. The molecule has 1 amide bonds. The zero-order valence-electron chi connectivity index (χ0n) is 15.7. The Bertz CT molecular complexity index is 1220. The molecule has 2 heterocycles. The summed E-state index contributed by atoms with van der Waals surface area (Å²) >= 11 is 7.30. The summed E-state index contributed by atoms with van der Waals surface area (Å²) in [6.45, 7) is 2.37. The Morgan fingerprint density at radius 1 is 1.14 bits per heavy atom. The van der Waals surface area contributed by atoms with Crippen LogP contribution in [-0.4, -0.2) is 22.0 Å². The fourth-order valence-electron chi connectivity index (χ4n) is 3.23. The van der Waals surface area contributed by atoms with Gasteiger partial charge >= 0.3 is 0 Å². The van der Waals surface area contributed by atoms with Gasteiger partial charge in [0.25, 0.3) is 5.56 Å². The SMILES string of the molecule is CCN(C(=O)Cn1cnc2c(-c3ccc(Cl)cc3)csc2c1=O)c1ccccc1. The Kier molecular flexibility index (Phi) is 5.47. The molecule has 5 nitrogen and oxygen atoms in total. The fourth-order valence-corrected chi connectivity index (χ4v) is 4.33. The van der Waals surface area contributed by atoms with E-state index in [0.717, 1.165) is 16.8 Å². The van der Waals surface area contributed by atoms with Gasteiger partial charge in [-0.25, -0.2) is 4.98 Å². The monoisotopic (exact) mass is 423 g/mol. The number of likely N-dealkylation sites (N-methyl/N-ethyl adjacent to an activating group) is 1. The third kappa shape index (κ3) is 3.81. The molecular formula is C22H18ClN3O2S. The lowest BCUT2D eigenvalue weighted by molar-refractivity contribution is -0.119. The topological polar surface area (TPSA) is 55.2 Å². The molecule has 0 unspecified atom stereocenters. The molecule has 0 N–H and O–H groups in total. The Morgan fingerprint density at radius 2 is 1.86 bits per heavy atom. The van der Waals surface area contributed by atoms with Crippen molar-refractivity contribution in [3.8, 4) is 11.1 Å². The summed E-state index contributed by atoms with van der Waals surface area (Å²) in [7, 11) is 0. The van der Waals surface area contributed by atoms with Crippen molar-refractivity contribution >= 4 is 44.7 Å². The first kappa shape index (κ1) is 19.4. The van der Waals surface area contributed by atoms with Crippen molar-refractivity contribution in [2.45, 2.75) is 13.5 Å². The number of halogens is 1. The fraction of sp³-hybridized carbons (Fsp3) is 0.136. The average Bonchev–Trinajstić information content (AvgIpc) is 3.17. The second-order valence-corrected chi connectivity index (χ2v) is 7.80. The molecule has 0 fully saturated rings. The Balaban J connectivity index is 1.65. The van der Waals surface area contributed by atoms with Crippen LogP contribution < -0.4 is 10.5 Å². The summed E-state index contributed by atoms with van der Waals surface area (Å²) in [5.74, 6) is -0.156. The smallest absolute Gasteiger partial charge is 0.271 e. The summed E-state index contributed by atoms with van der Waals surface area (Å²) < 4.78 is 1.91. The maximum absolute atomic E-state index is 13.0. The second-order valence-electron chi connectivity index (χ2n) is 6.49. The van der Waals surface area contributed by atoms with Crippen molar-refractivity contribution in [3.05, 3.63) is 81.7 Å². The number of rotatable bonds is 5. The summed E-state index contributed by atoms with van der Waals surface area (Å²) in [5.41, 5.74) is 3.07. The molecule has 0 aliphatic heterocycles. The molecule has 2 aromatic carbocycles. The number of thiophene rings is 1. The van der Waals surface area contributed by atoms with E-state index in [9.17, 15) is 9.59 Å². The van der Waals surface area contributed by atoms with E-state index in [1.165, 1.54) is 22.2 Å². The van der Waals surface area contributed by atoms with Crippen molar-refractivity contribution in [1.29, 1.82) is 0 Å². The van der Waals surface area contributed by atoms with Crippen LogP contribution in [0, 0.1) is 0 Å². The highest BCUT2D eigenvalue weighted by atomic mass is 35.5. The zero-order chi connectivity index (χ0) is 20.4. The highest BCUT2D eigenvalue weighted by Gasteiger charge is 2.17. The van der Waals surface area contributed by atoms with Crippen LogP contribution in [0.5, 0.6) is 0 Å². The van der Waals surface area contributed by atoms with E-state index in [0.29, 0.717) is 21.8 Å². The minimum atomic E-state index is -0.210. The van der Waals surface area contributed by atoms with Crippen LogP contribution in [0.3, 0.4) is 0 Å². The van der Waals surface area contributed by atoms with Crippen LogP contribution in [0.1, 0.15) is 6.92 Å². The van der Waals surface area contributed by atoms with Gasteiger partial charge in [-0.15, -0.1) is 11.3 Å². The van der Waals surface area contributed by atoms with Gasteiger partial charge in [0.2, 0.25) is 5.91 Å². The van der Waals surface area contributed by atoms with E-state index < -0.39 is 0 Å². The maximum Gasteiger partial charge on any atom is 0.271 e. The number of hydrogen-bond acceptors (Lipinski definition) is 4. The molecule has 0 saturated carbocycles. The largest absolute Gasteiger partial charge is 0.311 e. The average molecular weight is 424 g/mol. The Hall–Kier alpha value is -2.96. The van der Waals surface area contributed by atoms with Crippen molar-refractivity contribution in [1.82, 2.24) is 9.55 Å². The molecule has 0 spiro atoms. The number of para-hydroxylation sites is 1. The number of fused-ring (bicyclic) bond motifs is 1. The maximum atomic E-state index is 13.0. The minimum absolute atomic E-state index is 0.0569. The predicted molar refractivity (Wildman–Crippen MR) is 119 cm³/mol. The Morgan fingerprint density at radius 3 is 2.55 bits per heavy atom. The predicted octanol–water partition coefficient (Wildman–Crippen LogP) is 4.83. The molecule has 0 saturated heterocycles. The van der Waals surface area contributed by atoms with Gasteiger partial charge in [0.05, 0.1) is 11.8 Å². The van der Waals surface area contributed by atoms with E-state index >= 15 is 0 Å². The number of carbonyl (C=O) groups is 1. The highest BCUT2D eigenvalue weighted by Crippen LogP contribution is 2.31. The van der Waals surface area contributed by atoms with Crippen LogP contribution in [0.25, 0.3) is 21.3 Å². The van der Waals surface area contributed by atoms with Crippen molar-refractivity contribution in [3.63, 3.8) is 0 Å². The molecule has 0 aliphatic rings. The second kappa shape index (κ2) is 8.19. The Labute approximate surface area is 176 Å². The number of amides is 1. The van der Waals surface area contributed by atoms with Crippen molar-refractivity contribution in [2.75, 3.05) is 11.4 Å². The molecule has 0 aliphatic carbocycles. The van der Waals surface area contributed by atoms with Gasteiger partial charge in [-0.1, -0.05) is 41.9 Å². The van der Waals surface area contributed by atoms with Gasteiger partial charge < -0.3 is 4.90 Å². The van der Waals surface area contributed by atoms with Crippen LogP contribution in [0.2, 0.25) is 5.02 Å². The van der Waals surface area contributed by atoms with Gasteiger partial charge in [-0.3, -0.25) is 14.2 Å². The first-order chi connectivity index (χ1) is 14.1. The van der Waals surface area contributed by atoms with E-state index in [2.05, 4.69) is 4.98 Å². The molecule has 4 rings (SSSR count). The van der Waals surface area contributed by atoms with Crippen LogP contribution in [-0.2, 0) is 11.3 Å². The third-order valence-electron chi connectivity index (χ3n) is 4.69. The minimum Gasteiger partial charge on any atom is -0.311 e. The van der Waals surface area contributed by atoms with E-state index in [1.807, 2.05) is 66.9 Å². The standard InChI is InChI=1S/C22H18ClN3O2S/c1-2-26(17-6-4-3-5-7-17)19(27)12-25-14-24-20-18(13-29-21(20)22(25)28)15-8-10-16(23)11-9-15/h3-11,13-14H,2,12H2,1H3. The molecule has 0 atom stereocenters. The van der Waals surface area contributed by atoms with E-state index in [-0.39, 0.29) is 18.0 Å². The number of carbonyl (C=O) groups excluding carboxylic acids is 1. The van der Waals surface area contributed by atoms with Crippen molar-refractivity contribution in [2.24, 2.45) is 0 Å². The van der Waals surface area contributed by atoms with Gasteiger partial charge in [0.1, 0.15) is 11.2 Å². The summed E-state index contributed by atoms with van der Waals surface area (Å²) in [5, 5.41) is 2.57. The summed E-state index contributed by atoms with van der Waals surface area (Å²) in [6, 6.07) is 16.8. The highest BCUT2D eigenvalue weighted by molar-refractivity contribution is 7.17. The zero-order valence-corrected chi connectivity index (χ0v) is 17.3. The number of aromatic nitrogens is 2. The molecule has 146 valence electrons. The number of hydrogen-bond donors (Lipinski definition) is 0. The third-order valence-corrected chi connectivity index (χ3v) is 5.90. The molecule has 0 radical (unpaired) electrons. The molecule has 7 heteroatoms. The number of anilines is 1.